The number of nitrogens with one attached hydrogen (secondary N) is 1. The van der Waals surface area contributed by atoms with Gasteiger partial charge in [-0.05, 0) is 25.0 Å². The average molecular weight is 318 g/mol. The van der Waals surface area contributed by atoms with Crippen molar-refractivity contribution in [1.82, 2.24) is 10.2 Å². The van der Waals surface area contributed by atoms with Gasteiger partial charge in [-0.2, -0.15) is 0 Å². The summed E-state index contributed by atoms with van der Waals surface area (Å²) in [5.41, 5.74) is 0. The van der Waals surface area contributed by atoms with Crippen molar-refractivity contribution in [1.29, 1.82) is 0 Å². The lowest BCUT2D eigenvalue weighted by atomic mass is 10.1. The molecule has 2 heterocycles. The number of piperidine rings is 1. The van der Waals surface area contributed by atoms with Crippen molar-refractivity contribution in [3.63, 3.8) is 0 Å². The number of guanidine groups is 1. The Kier molecular flexibility index (Phi) is 5.65. The first kappa shape index (κ1) is 15.6. The second-order valence-electron chi connectivity index (χ2n) is 4.80. The molecule has 1 aromatic rings. The molecule has 0 aromatic carbocycles. The summed E-state index contributed by atoms with van der Waals surface area (Å²) in [5.74, 6) is 0.763. The predicted molar refractivity (Wildman–Crippen MR) is 82.5 cm³/mol. The SMILES string of the molecule is CN=C(NCC(O)c1ccc(Cl)s1)N1CCC(O)CC1. The third-order valence-corrected chi connectivity index (χ3v) is 4.68. The molecule has 1 aliphatic heterocycles. The maximum absolute atomic E-state index is 10.1. The number of halogens is 1. The van der Waals surface area contributed by atoms with Crippen LogP contribution in [0.1, 0.15) is 23.8 Å². The number of thiophene rings is 1. The Hall–Kier alpha value is -0.820. The highest BCUT2D eigenvalue weighted by atomic mass is 35.5. The molecule has 1 atom stereocenters. The van der Waals surface area contributed by atoms with E-state index in [0.29, 0.717) is 10.9 Å². The number of rotatable bonds is 3. The lowest BCUT2D eigenvalue weighted by Gasteiger charge is -2.32. The van der Waals surface area contributed by atoms with Gasteiger partial charge in [0, 0.05) is 31.6 Å². The summed E-state index contributed by atoms with van der Waals surface area (Å²) < 4.78 is 0.674. The number of aliphatic hydroxyl groups excluding tert-OH is 2. The number of aliphatic hydroxyl groups is 2. The van der Waals surface area contributed by atoms with Crippen molar-refractivity contribution in [3.05, 3.63) is 21.3 Å². The van der Waals surface area contributed by atoms with Crippen molar-refractivity contribution >= 4 is 28.9 Å². The fourth-order valence-electron chi connectivity index (χ4n) is 2.21. The van der Waals surface area contributed by atoms with E-state index in [0.717, 1.165) is 36.8 Å². The molecule has 1 aromatic heterocycles. The number of nitrogens with zero attached hydrogens (tertiary/aromatic N) is 2. The molecular weight excluding hydrogens is 298 g/mol. The maximum Gasteiger partial charge on any atom is 0.193 e. The molecule has 2 rings (SSSR count). The summed E-state index contributed by atoms with van der Waals surface area (Å²) in [7, 11) is 1.72. The third-order valence-electron chi connectivity index (χ3n) is 3.35. The molecule has 112 valence electrons. The Morgan fingerprint density at radius 1 is 1.55 bits per heavy atom. The summed E-state index contributed by atoms with van der Waals surface area (Å²) in [6.45, 7) is 1.95. The van der Waals surface area contributed by atoms with E-state index in [-0.39, 0.29) is 6.10 Å². The van der Waals surface area contributed by atoms with E-state index in [4.69, 9.17) is 11.6 Å². The largest absolute Gasteiger partial charge is 0.393 e. The van der Waals surface area contributed by atoms with E-state index < -0.39 is 6.10 Å². The van der Waals surface area contributed by atoms with Crippen LogP contribution in [0.25, 0.3) is 0 Å². The highest BCUT2D eigenvalue weighted by Gasteiger charge is 2.20. The summed E-state index contributed by atoms with van der Waals surface area (Å²) in [4.78, 5) is 7.16. The van der Waals surface area contributed by atoms with E-state index >= 15 is 0 Å². The second-order valence-corrected chi connectivity index (χ2v) is 6.55. The second kappa shape index (κ2) is 7.26. The van der Waals surface area contributed by atoms with Crippen molar-refractivity contribution in [3.8, 4) is 0 Å². The van der Waals surface area contributed by atoms with Crippen molar-refractivity contribution in [2.45, 2.75) is 25.0 Å². The van der Waals surface area contributed by atoms with Crippen molar-refractivity contribution < 1.29 is 10.2 Å². The number of likely N-dealkylation sites (tertiary alicyclic amines) is 1. The van der Waals surface area contributed by atoms with E-state index in [1.807, 2.05) is 6.07 Å². The minimum absolute atomic E-state index is 0.205. The summed E-state index contributed by atoms with van der Waals surface area (Å²) in [6, 6.07) is 3.62. The lowest BCUT2D eigenvalue weighted by Crippen LogP contribution is -2.47. The molecule has 0 bridgehead atoms. The van der Waals surface area contributed by atoms with Crippen LogP contribution in [0.4, 0.5) is 0 Å². The quantitative estimate of drug-likeness (QED) is 0.583. The molecule has 1 aliphatic rings. The Bertz CT molecular complexity index is 458. The van der Waals surface area contributed by atoms with Gasteiger partial charge in [-0.3, -0.25) is 4.99 Å². The third kappa shape index (κ3) is 4.09. The van der Waals surface area contributed by atoms with Gasteiger partial charge in [-0.1, -0.05) is 11.6 Å². The Morgan fingerprint density at radius 2 is 2.25 bits per heavy atom. The lowest BCUT2D eigenvalue weighted by molar-refractivity contribution is 0.107. The Balaban J connectivity index is 1.85. The van der Waals surface area contributed by atoms with Gasteiger partial charge >= 0.3 is 0 Å². The molecule has 0 radical (unpaired) electrons. The molecule has 0 saturated carbocycles. The van der Waals surface area contributed by atoms with Crippen LogP contribution in [0.5, 0.6) is 0 Å². The van der Waals surface area contributed by atoms with Gasteiger partial charge in [0.2, 0.25) is 0 Å². The molecule has 0 aliphatic carbocycles. The fourth-order valence-corrected chi connectivity index (χ4v) is 3.25. The zero-order chi connectivity index (χ0) is 14.5. The van der Waals surface area contributed by atoms with Crippen LogP contribution in [0.3, 0.4) is 0 Å². The van der Waals surface area contributed by atoms with Crippen LogP contribution in [0, 0.1) is 0 Å². The molecule has 20 heavy (non-hydrogen) atoms. The van der Waals surface area contributed by atoms with Crippen molar-refractivity contribution in [2.24, 2.45) is 4.99 Å². The molecule has 1 unspecified atom stereocenters. The molecular formula is C13H20ClN3O2S. The standard InChI is InChI=1S/C13H20ClN3O2S/c1-15-13(17-6-4-9(18)5-7-17)16-8-10(19)11-2-3-12(14)20-11/h2-3,9-10,18-19H,4-8H2,1H3,(H,15,16). The van der Waals surface area contributed by atoms with E-state index in [1.54, 1.807) is 13.1 Å². The molecule has 0 amide bonds. The molecule has 5 nitrogen and oxygen atoms in total. The molecule has 3 N–H and O–H groups in total. The summed E-state index contributed by atoms with van der Waals surface area (Å²) in [6.07, 6.45) is 0.705. The summed E-state index contributed by atoms with van der Waals surface area (Å²) >= 11 is 7.24. The van der Waals surface area contributed by atoms with Gasteiger partial charge in [0.1, 0.15) is 6.10 Å². The maximum atomic E-state index is 10.1. The molecule has 1 saturated heterocycles. The fraction of sp³-hybridized carbons (Fsp3) is 0.615. The normalized spacial score (nSPS) is 19.2. The molecule has 1 fully saturated rings. The Morgan fingerprint density at radius 3 is 2.80 bits per heavy atom. The predicted octanol–water partition coefficient (Wildman–Crippen LogP) is 1.47. The molecule has 7 heteroatoms. The molecule has 0 spiro atoms. The van der Waals surface area contributed by atoms with E-state index in [1.165, 1.54) is 11.3 Å². The zero-order valence-electron chi connectivity index (χ0n) is 11.4. The number of hydrogen-bond acceptors (Lipinski definition) is 4. The van der Waals surface area contributed by atoms with Crippen LogP contribution in [0.2, 0.25) is 4.34 Å². The summed E-state index contributed by atoms with van der Waals surface area (Å²) in [5, 5.41) is 22.8. The van der Waals surface area contributed by atoms with Crippen molar-refractivity contribution in [2.75, 3.05) is 26.7 Å². The van der Waals surface area contributed by atoms with Crippen LogP contribution in [0.15, 0.2) is 17.1 Å². The highest BCUT2D eigenvalue weighted by Crippen LogP contribution is 2.26. The average Bonchev–Trinajstić information content (AvgIpc) is 2.88. The minimum Gasteiger partial charge on any atom is -0.393 e. The van der Waals surface area contributed by atoms with Crippen LogP contribution in [-0.2, 0) is 0 Å². The monoisotopic (exact) mass is 317 g/mol. The Labute approximate surface area is 127 Å². The topological polar surface area (TPSA) is 68.1 Å². The van der Waals surface area contributed by atoms with Gasteiger partial charge < -0.3 is 20.4 Å². The van der Waals surface area contributed by atoms with Gasteiger partial charge in [0.15, 0.2) is 5.96 Å². The van der Waals surface area contributed by atoms with Crippen LogP contribution in [-0.4, -0.2) is 53.9 Å². The first-order valence-corrected chi connectivity index (χ1v) is 7.86. The zero-order valence-corrected chi connectivity index (χ0v) is 13.0. The van der Waals surface area contributed by atoms with E-state index in [2.05, 4.69) is 15.2 Å². The van der Waals surface area contributed by atoms with Gasteiger partial charge in [-0.15, -0.1) is 11.3 Å². The highest BCUT2D eigenvalue weighted by molar-refractivity contribution is 7.16. The van der Waals surface area contributed by atoms with Gasteiger partial charge in [-0.25, -0.2) is 0 Å². The minimum atomic E-state index is -0.598. The smallest absolute Gasteiger partial charge is 0.193 e. The van der Waals surface area contributed by atoms with Crippen LogP contribution >= 0.6 is 22.9 Å². The number of hydrogen-bond donors (Lipinski definition) is 3. The first-order chi connectivity index (χ1) is 9.60. The van der Waals surface area contributed by atoms with Gasteiger partial charge in [0.05, 0.1) is 10.4 Å². The van der Waals surface area contributed by atoms with E-state index in [9.17, 15) is 10.2 Å². The first-order valence-electron chi connectivity index (χ1n) is 6.67. The van der Waals surface area contributed by atoms with Gasteiger partial charge in [0.25, 0.3) is 0 Å². The van der Waals surface area contributed by atoms with Crippen LogP contribution < -0.4 is 5.32 Å². The number of aliphatic imine (C=N–C) groups is 1.